The van der Waals surface area contributed by atoms with Crippen LogP contribution in [0.2, 0.25) is 0 Å². The molecule has 91 heavy (non-hydrogen) atoms. The molecule has 7 aromatic carbocycles. The minimum atomic E-state index is -8.20. The normalized spacial score (nSPS) is 13.6. The van der Waals surface area contributed by atoms with E-state index in [4.69, 9.17) is 4.74 Å². The highest BCUT2D eigenvalue weighted by Gasteiger charge is 2.60. The van der Waals surface area contributed by atoms with Gasteiger partial charge in [-0.25, -0.2) is 132 Å². The summed E-state index contributed by atoms with van der Waals surface area (Å²) in [6, 6.07) is 4.39. The first kappa shape index (κ1) is 70.7. The van der Waals surface area contributed by atoms with Crippen LogP contribution in [-0.4, -0.2) is 44.0 Å². The van der Waals surface area contributed by atoms with Gasteiger partial charge >= 0.3 is 0 Å². The number of hydrogen-bond acceptors (Lipinski definition) is 2. The fraction of sp³-hybridized carbons (Fsp3) is 0.236. The summed E-state index contributed by atoms with van der Waals surface area (Å²) >= 11 is 0. The third-order valence-electron chi connectivity index (χ3n) is 15.3. The van der Waals surface area contributed by atoms with Crippen LogP contribution in [0.25, 0.3) is 0 Å². The van der Waals surface area contributed by atoms with Crippen LogP contribution in [0.15, 0.2) is 12.1 Å². The number of phenolic OH excluding ortho intramolecular Hbond substituents is 1. The molecular formula is C55H34B2F30N2O2. The highest BCUT2D eigenvalue weighted by molar-refractivity contribution is 7.15. The summed E-state index contributed by atoms with van der Waals surface area (Å²) in [4.78, 5) is 1.49. The van der Waals surface area contributed by atoms with Crippen molar-refractivity contribution in [3.63, 3.8) is 0 Å². The van der Waals surface area contributed by atoms with Gasteiger partial charge in [0.1, 0.15) is 95.2 Å². The molecule has 4 nitrogen and oxygen atoms in total. The Hall–Kier alpha value is -7.75. The van der Waals surface area contributed by atoms with Gasteiger partial charge in [-0.05, 0) is 22.5 Å². The lowest BCUT2D eigenvalue weighted by Gasteiger charge is -2.54. The molecule has 0 saturated carbocycles. The summed E-state index contributed by atoms with van der Waals surface area (Å²) in [7, 11) is 0. The molecule has 4 N–H and O–H groups in total. The van der Waals surface area contributed by atoms with Crippen LogP contribution in [0.4, 0.5) is 132 Å². The van der Waals surface area contributed by atoms with Crippen LogP contribution < -0.4 is 42.8 Å². The Balaban J connectivity index is 0.000000448. The van der Waals surface area contributed by atoms with Crippen LogP contribution >= 0.6 is 0 Å². The number of aromatic hydroxyl groups is 1. The highest BCUT2D eigenvalue weighted by atomic mass is 19.2. The van der Waals surface area contributed by atoms with E-state index in [2.05, 4.69) is 53.7 Å². The van der Waals surface area contributed by atoms with Gasteiger partial charge in [-0.15, -0.1) is 0 Å². The van der Waals surface area contributed by atoms with Crippen LogP contribution in [-0.2, 0) is 22.1 Å². The number of halogens is 30. The number of benzene rings is 7. The predicted octanol–water partition coefficient (Wildman–Crippen LogP) is 9.46. The summed E-state index contributed by atoms with van der Waals surface area (Å²) < 4.78 is 475. The van der Waals surface area contributed by atoms with Gasteiger partial charge in [-0.3, -0.25) is 0 Å². The van der Waals surface area contributed by atoms with Crippen molar-refractivity contribution in [1.29, 1.82) is 0 Å². The molecule has 36 heteroatoms. The number of nitrogens with one attached hydrogen (secondary N) is 1. The Morgan fingerprint density at radius 3 is 0.714 bits per heavy atom. The lowest BCUT2D eigenvalue weighted by Crippen LogP contribution is -3.26. The number of phenols is 1. The molecule has 0 atom stereocenters. The number of hydrogen-bond donors (Lipinski definition) is 3. The monoisotopic (exact) mass is 1350 g/mol. The molecule has 0 bridgehead atoms. The van der Waals surface area contributed by atoms with Crippen molar-refractivity contribution in [3.05, 3.63) is 203 Å². The van der Waals surface area contributed by atoms with E-state index in [1.54, 1.807) is 0 Å². The largest absolute Gasteiger partial charge is 0.718 e. The Morgan fingerprint density at radius 1 is 0.330 bits per heavy atom. The third kappa shape index (κ3) is 11.1. The second kappa shape index (κ2) is 24.7. The van der Waals surface area contributed by atoms with Gasteiger partial charge in [-0.1, -0.05) is 80.4 Å². The molecule has 0 spiro atoms. The summed E-state index contributed by atoms with van der Waals surface area (Å²) in [6.45, 7) is 17.8. The molecule has 1 aliphatic heterocycles. The quantitative estimate of drug-likeness (QED) is 0.0554. The minimum Gasteiger partial charge on any atom is -0.718 e. The first-order valence-electron chi connectivity index (χ1n) is 25.4. The number of rotatable bonds is 10. The smallest absolute Gasteiger partial charge is 0.266 e. The SMILES string of the molecule is CC(C)(C)c1cc(C[NH+]2CCOCC2)c(O)c(C(C)(C)C)c1.Fc1c(F)c(F)c([B-]([NH2+][B-](c2c(F)c(F)c(F)c(F)c2F)(c2c(F)c(F)c(F)c(F)c2F)c2c(F)c(F)c(F)c(F)c2F)(c2c(F)c(F)c(F)c(F)c2F)c2c(F)c(F)c(F)c(F)c2F)c(F)c1F. The Kier molecular flexibility index (Phi) is 19.2. The van der Waals surface area contributed by atoms with Crippen molar-refractivity contribution >= 4 is 45.3 Å². The van der Waals surface area contributed by atoms with E-state index in [9.17, 15) is 31.4 Å². The molecule has 492 valence electrons. The summed E-state index contributed by atoms with van der Waals surface area (Å²) in [5, 5.41) is 8.37. The average Bonchev–Trinajstić information content (AvgIpc) is 0.679. The molecular weight excluding hydrogens is 1310 g/mol. The van der Waals surface area contributed by atoms with E-state index in [-0.39, 0.29) is 10.8 Å². The number of nitrogens with two attached hydrogens (primary N) is 1. The van der Waals surface area contributed by atoms with Crippen LogP contribution in [0.3, 0.4) is 0 Å². The zero-order chi connectivity index (χ0) is 69.0. The van der Waals surface area contributed by atoms with Gasteiger partial charge in [-0.2, -0.15) is 0 Å². The summed E-state index contributed by atoms with van der Waals surface area (Å²) in [6.07, 6.45) is -16.4. The van der Waals surface area contributed by atoms with E-state index in [0.717, 1.165) is 44.0 Å². The lowest BCUT2D eigenvalue weighted by atomic mass is 9.13. The van der Waals surface area contributed by atoms with Crippen molar-refractivity contribution in [1.82, 2.24) is 0 Å². The van der Waals surface area contributed by atoms with E-state index in [0.29, 0.717) is 5.75 Å². The molecule has 1 aliphatic rings. The summed E-state index contributed by atoms with van der Waals surface area (Å²) in [5.74, 6) is -121. The molecule has 1 fully saturated rings. The van der Waals surface area contributed by atoms with Crippen molar-refractivity contribution in [2.45, 2.75) is 58.9 Å². The van der Waals surface area contributed by atoms with Crippen LogP contribution in [0.5, 0.6) is 5.75 Å². The van der Waals surface area contributed by atoms with E-state index in [1.165, 1.54) is 10.5 Å². The van der Waals surface area contributed by atoms with Crippen LogP contribution in [0, 0.1) is 175 Å². The average molecular weight is 1350 g/mol. The van der Waals surface area contributed by atoms with Crippen LogP contribution in [0.1, 0.15) is 58.2 Å². The molecule has 0 aliphatic carbocycles. The lowest BCUT2D eigenvalue weighted by molar-refractivity contribution is -0.921. The van der Waals surface area contributed by atoms with Gasteiger partial charge in [0.25, 0.3) is 12.6 Å². The van der Waals surface area contributed by atoms with E-state index in [1.807, 2.05) is 0 Å². The highest BCUT2D eigenvalue weighted by Crippen LogP contribution is 2.38. The van der Waals surface area contributed by atoms with Crippen molar-refractivity contribution in [3.8, 4) is 5.75 Å². The first-order chi connectivity index (χ1) is 41.8. The number of ether oxygens (including phenoxy) is 1. The Bertz CT molecular complexity index is 3460. The second-order valence-corrected chi connectivity index (χ2v) is 22.5. The van der Waals surface area contributed by atoms with Gasteiger partial charge in [0.15, 0.2) is 105 Å². The predicted molar refractivity (Wildman–Crippen MR) is 259 cm³/mol. The maximum atomic E-state index is 16.5. The number of quaternary nitrogens is 2. The van der Waals surface area contributed by atoms with Gasteiger partial charge < -0.3 is 19.9 Å². The standard InChI is InChI=1S/C36H2B2F30N.C19H31NO2/c39-7-1(8(40)20(52)31(63)19(7)51)37(2-9(41)21(53)32(64)22(54)10(2)42,3-11(43)23(55)33(65)24(56)12(3)44)69-38(4-13(45)25(57)34(66)26(58)14(4)46,5-15(47)27(59)35(67)28(60)16(5)48)6-17(49)29(61)36(68)30(62)18(6)50;1-18(2,3)15-11-14(13-20-7-9-22-10-8-20)17(21)16(12-15)19(4,5)6/h69H2;11-12,21H,7-10,13H2,1-6H3/q-1;/p+1. The third-order valence-corrected chi connectivity index (χ3v) is 15.3. The van der Waals surface area contributed by atoms with Gasteiger partial charge in [0.05, 0.1) is 13.2 Å². The second-order valence-electron chi connectivity index (χ2n) is 22.5. The molecule has 8 rings (SSSR count). The molecule has 0 aromatic heterocycles. The summed E-state index contributed by atoms with van der Waals surface area (Å²) in [5.41, 5.74) is -21.7. The first-order valence-corrected chi connectivity index (χ1v) is 25.4. The van der Waals surface area contributed by atoms with Crippen molar-refractivity contribution in [2.75, 3.05) is 26.3 Å². The van der Waals surface area contributed by atoms with Gasteiger partial charge in [0.2, 0.25) is 0 Å². The Morgan fingerprint density at radius 2 is 0.527 bits per heavy atom. The van der Waals surface area contributed by atoms with Crippen molar-refractivity contribution < 1.29 is 152 Å². The molecule has 0 amide bonds. The Labute approximate surface area is 490 Å². The van der Waals surface area contributed by atoms with E-state index >= 15 is 105 Å². The molecule has 1 heterocycles. The maximum absolute atomic E-state index is 16.5. The number of morpholine rings is 1. The maximum Gasteiger partial charge on any atom is 0.266 e. The van der Waals surface area contributed by atoms with E-state index < -0.39 is 225 Å². The topological polar surface area (TPSA) is 50.5 Å². The molecule has 0 radical (unpaired) electrons. The molecule has 0 unspecified atom stereocenters. The zero-order valence-corrected chi connectivity index (χ0v) is 46.1. The molecule has 1 saturated heterocycles. The fourth-order valence-electron chi connectivity index (χ4n) is 10.9. The fourth-order valence-corrected chi connectivity index (χ4v) is 10.9. The minimum absolute atomic E-state index is 0.0551. The van der Waals surface area contributed by atoms with Crippen molar-refractivity contribution in [2.24, 2.45) is 0 Å². The van der Waals surface area contributed by atoms with Gasteiger partial charge in [0, 0.05) is 11.1 Å². The molecule has 7 aromatic rings. The zero-order valence-electron chi connectivity index (χ0n) is 46.1.